The number of nitrogens with one attached hydrogen (secondary N) is 1. The van der Waals surface area contributed by atoms with Crippen molar-refractivity contribution in [3.8, 4) is 5.69 Å². The van der Waals surface area contributed by atoms with Crippen molar-refractivity contribution in [2.24, 2.45) is 0 Å². The lowest BCUT2D eigenvalue weighted by Crippen LogP contribution is -2.25. The fourth-order valence-electron chi connectivity index (χ4n) is 3.19. The van der Waals surface area contributed by atoms with Gasteiger partial charge in [0.1, 0.15) is 5.82 Å². The molecule has 2 heterocycles. The van der Waals surface area contributed by atoms with E-state index in [2.05, 4.69) is 10.3 Å². The van der Waals surface area contributed by atoms with Crippen molar-refractivity contribution in [2.75, 3.05) is 0 Å². The van der Waals surface area contributed by atoms with E-state index in [-0.39, 0.29) is 23.6 Å². The molecule has 1 amide bonds. The molecule has 3 rings (SSSR count). The van der Waals surface area contributed by atoms with Gasteiger partial charge in [0.25, 0.3) is 5.91 Å². The second-order valence-corrected chi connectivity index (χ2v) is 7.38. The molecule has 146 valence electrons. The van der Waals surface area contributed by atoms with E-state index in [9.17, 15) is 9.18 Å². The van der Waals surface area contributed by atoms with Crippen LogP contribution in [0.4, 0.5) is 4.39 Å². The molecule has 5 nitrogen and oxygen atoms in total. The Bertz CT molecular complexity index is 964. The highest BCUT2D eigenvalue weighted by atomic mass is 19.1. The lowest BCUT2D eigenvalue weighted by atomic mass is 9.98. The van der Waals surface area contributed by atoms with Crippen molar-refractivity contribution >= 4 is 5.91 Å². The molecule has 28 heavy (non-hydrogen) atoms. The first-order valence-corrected chi connectivity index (χ1v) is 9.44. The summed E-state index contributed by atoms with van der Waals surface area (Å²) < 4.78 is 15.5. The maximum Gasteiger partial charge on any atom is 0.255 e. The zero-order chi connectivity index (χ0) is 20.3. The highest BCUT2D eigenvalue weighted by molar-refractivity contribution is 5.97. The van der Waals surface area contributed by atoms with Crippen LogP contribution in [0.3, 0.4) is 0 Å². The second-order valence-electron chi connectivity index (χ2n) is 7.38. The highest BCUT2D eigenvalue weighted by Crippen LogP contribution is 2.30. The van der Waals surface area contributed by atoms with Gasteiger partial charge >= 0.3 is 0 Å². The van der Waals surface area contributed by atoms with Crippen LogP contribution in [-0.2, 0) is 6.54 Å². The number of amides is 1. The Balaban J connectivity index is 2.04. The van der Waals surface area contributed by atoms with Crippen molar-refractivity contribution in [1.29, 1.82) is 0 Å². The molecular weight excluding hydrogens is 355 g/mol. The molecule has 0 fully saturated rings. The predicted octanol–water partition coefficient (Wildman–Crippen LogP) is 4.58. The number of halogens is 1. The van der Waals surface area contributed by atoms with Crippen LogP contribution in [0.25, 0.3) is 5.69 Å². The zero-order valence-corrected chi connectivity index (χ0v) is 16.6. The lowest BCUT2D eigenvalue weighted by Gasteiger charge is -2.13. The quantitative estimate of drug-likeness (QED) is 0.681. The van der Waals surface area contributed by atoms with E-state index in [0.717, 1.165) is 11.3 Å². The third kappa shape index (κ3) is 4.11. The first-order valence-electron chi connectivity index (χ1n) is 9.44. The molecule has 0 saturated carbocycles. The Kier molecular flexibility index (Phi) is 5.87. The van der Waals surface area contributed by atoms with Crippen molar-refractivity contribution in [2.45, 2.75) is 46.1 Å². The number of pyridine rings is 1. The monoisotopic (exact) mass is 380 g/mol. The fraction of sp³-hybridized carbons (Fsp3) is 0.318. The van der Waals surface area contributed by atoms with Gasteiger partial charge in [0.15, 0.2) is 0 Å². The maximum absolute atomic E-state index is 13.8. The van der Waals surface area contributed by atoms with Crippen molar-refractivity contribution in [3.63, 3.8) is 0 Å². The van der Waals surface area contributed by atoms with Crippen LogP contribution in [-0.4, -0.2) is 20.7 Å². The molecule has 0 aliphatic heterocycles. The van der Waals surface area contributed by atoms with Crippen LogP contribution in [0.2, 0.25) is 0 Å². The Hall–Kier alpha value is -3.02. The highest BCUT2D eigenvalue weighted by Gasteiger charge is 2.27. The maximum atomic E-state index is 13.8. The van der Waals surface area contributed by atoms with Crippen molar-refractivity contribution in [1.82, 2.24) is 20.1 Å². The van der Waals surface area contributed by atoms with Gasteiger partial charge in [-0.2, -0.15) is 5.10 Å². The van der Waals surface area contributed by atoms with Crippen molar-refractivity contribution < 1.29 is 9.18 Å². The molecule has 0 spiro atoms. The van der Waals surface area contributed by atoms with E-state index in [0.29, 0.717) is 23.5 Å². The predicted molar refractivity (Wildman–Crippen MR) is 107 cm³/mol. The summed E-state index contributed by atoms with van der Waals surface area (Å²) in [5.74, 6) is -0.428. The third-order valence-corrected chi connectivity index (χ3v) is 4.52. The van der Waals surface area contributed by atoms with Gasteiger partial charge in [0, 0.05) is 18.9 Å². The van der Waals surface area contributed by atoms with Crippen LogP contribution >= 0.6 is 0 Å². The van der Waals surface area contributed by atoms with Crippen LogP contribution in [0.5, 0.6) is 0 Å². The van der Waals surface area contributed by atoms with E-state index in [1.54, 1.807) is 29.2 Å². The number of benzene rings is 1. The molecule has 0 aliphatic carbocycles. The van der Waals surface area contributed by atoms with Gasteiger partial charge in [0.2, 0.25) is 0 Å². The Morgan fingerprint density at radius 3 is 2.43 bits per heavy atom. The largest absolute Gasteiger partial charge is 0.348 e. The first-order chi connectivity index (χ1) is 13.4. The van der Waals surface area contributed by atoms with E-state index in [4.69, 9.17) is 5.10 Å². The molecule has 0 bridgehead atoms. The summed E-state index contributed by atoms with van der Waals surface area (Å²) in [6, 6.07) is 10.0. The van der Waals surface area contributed by atoms with Gasteiger partial charge in [-0.25, -0.2) is 9.07 Å². The average Bonchev–Trinajstić information content (AvgIpc) is 3.08. The molecular formula is C22H25FN4O. The number of rotatable bonds is 6. The number of aromatic nitrogens is 3. The summed E-state index contributed by atoms with van der Waals surface area (Å²) in [7, 11) is 0. The van der Waals surface area contributed by atoms with E-state index in [1.165, 1.54) is 12.1 Å². The smallest absolute Gasteiger partial charge is 0.255 e. The van der Waals surface area contributed by atoms with Crippen LogP contribution in [0.15, 0.2) is 48.8 Å². The van der Waals surface area contributed by atoms with Gasteiger partial charge in [0.05, 0.1) is 22.6 Å². The standard InChI is InChI=1S/C22H25FN4O/c1-14(2)20-19(22(28)25-13-16-8-10-24-11-9-16)21(15(3)4)27(26-20)18-7-5-6-17(23)12-18/h5-12,14-15H,13H2,1-4H3,(H,25,28). The number of carbonyl (C=O) groups excluding carboxylic acids is 1. The number of carbonyl (C=O) groups is 1. The molecule has 0 aliphatic rings. The van der Waals surface area contributed by atoms with E-state index >= 15 is 0 Å². The minimum Gasteiger partial charge on any atom is -0.348 e. The lowest BCUT2D eigenvalue weighted by molar-refractivity contribution is 0.0948. The fourth-order valence-corrected chi connectivity index (χ4v) is 3.19. The molecule has 1 N–H and O–H groups in total. The summed E-state index contributed by atoms with van der Waals surface area (Å²) >= 11 is 0. The molecule has 0 radical (unpaired) electrons. The molecule has 2 aromatic heterocycles. The topological polar surface area (TPSA) is 59.8 Å². The number of hydrogen-bond acceptors (Lipinski definition) is 3. The molecule has 6 heteroatoms. The van der Waals surface area contributed by atoms with Gasteiger partial charge in [-0.3, -0.25) is 9.78 Å². The van der Waals surface area contributed by atoms with Gasteiger partial charge in [-0.15, -0.1) is 0 Å². The van der Waals surface area contributed by atoms with Gasteiger partial charge < -0.3 is 5.32 Å². The first kappa shape index (κ1) is 19.7. The Morgan fingerprint density at radius 2 is 1.82 bits per heavy atom. The SMILES string of the molecule is CC(C)c1nn(-c2cccc(F)c2)c(C(C)C)c1C(=O)NCc1ccncc1. The van der Waals surface area contributed by atoms with Crippen LogP contribution in [0, 0.1) is 5.82 Å². The number of hydrogen-bond donors (Lipinski definition) is 1. The number of nitrogens with zero attached hydrogens (tertiary/aromatic N) is 3. The van der Waals surface area contributed by atoms with Crippen molar-refractivity contribution in [3.05, 3.63) is 77.1 Å². The molecule has 1 aromatic carbocycles. The average molecular weight is 380 g/mol. The molecule has 3 aromatic rings. The summed E-state index contributed by atoms with van der Waals surface area (Å²) in [4.78, 5) is 17.1. The summed E-state index contributed by atoms with van der Waals surface area (Å²) in [6.07, 6.45) is 3.39. The minimum absolute atomic E-state index is 0.0324. The molecule has 0 atom stereocenters. The molecule has 0 saturated heterocycles. The van der Waals surface area contributed by atoms with Gasteiger partial charge in [-0.1, -0.05) is 33.8 Å². The molecule has 0 unspecified atom stereocenters. The normalized spacial score (nSPS) is 11.2. The second kappa shape index (κ2) is 8.33. The Morgan fingerprint density at radius 1 is 1.11 bits per heavy atom. The van der Waals surface area contributed by atoms with Gasteiger partial charge in [-0.05, 0) is 47.7 Å². The Labute approximate surface area is 164 Å². The summed E-state index contributed by atoms with van der Waals surface area (Å²) in [5, 5.41) is 7.69. The zero-order valence-electron chi connectivity index (χ0n) is 16.6. The third-order valence-electron chi connectivity index (χ3n) is 4.52. The summed E-state index contributed by atoms with van der Waals surface area (Å²) in [6.45, 7) is 8.43. The van der Waals surface area contributed by atoms with Crippen LogP contribution in [0.1, 0.15) is 66.8 Å². The van der Waals surface area contributed by atoms with E-state index in [1.807, 2.05) is 39.8 Å². The minimum atomic E-state index is -0.336. The summed E-state index contributed by atoms with van der Waals surface area (Å²) in [5.41, 5.74) is 3.64. The van der Waals surface area contributed by atoms with Crippen LogP contribution < -0.4 is 5.32 Å². The van der Waals surface area contributed by atoms with E-state index < -0.39 is 0 Å².